The predicted octanol–water partition coefficient (Wildman–Crippen LogP) is 0.775. The minimum Gasteiger partial charge on any atom is -0.493 e. The molecule has 0 aliphatic heterocycles. The molecule has 1 aromatic rings. The van der Waals surface area contributed by atoms with Crippen LogP contribution < -0.4 is 9.47 Å². The van der Waals surface area contributed by atoms with Crippen molar-refractivity contribution in [3.05, 3.63) is 24.3 Å². The van der Waals surface area contributed by atoms with Crippen LogP contribution in [0.15, 0.2) is 24.3 Å². The molecule has 0 saturated heterocycles. The molecule has 0 aliphatic carbocycles. The van der Waals surface area contributed by atoms with Crippen molar-refractivity contribution in [1.82, 2.24) is 0 Å². The standard InChI is InChI=1S/C10H14O4/c1-10(12,7-11)14-9-6-4-3-5-8(9)13-2/h3-6,11-12H,7H2,1-2H3. The van der Waals surface area contributed by atoms with E-state index in [1.807, 2.05) is 0 Å². The molecule has 1 aromatic carbocycles. The van der Waals surface area contributed by atoms with Gasteiger partial charge in [-0.15, -0.1) is 0 Å². The number of para-hydroxylation sites is 2. The molecule has 0 fully saturated rings. The Bertz CT molecular complexity index is 296. The SMILES string of the molecule is COc1ccccc1OC(C)(O)CO. The number of hydrogen-bond acceptors (Lipinski definition) is 4. The van der Waals surface area contributed by atoms with Gasteiger partial charge in [-0.1, -0.05) is 12.1 Å². The summed E-state index contributed by atoms with van der Waals surface area (Å²) in [4.78, 5) is 0. The van der Waals surface area contributed by atoms with Gasteiger partial charge in [0.15, 0.2) is 11.5 Å². The molecule has 1 atom stereocenters. The molecule has 14 heavy (non-hydrogen) atoms. The van der Waals surface area contributed by atoms with E-state index in [0.29, 0.717) is 11.5 Å². The number of rotatable bonds is 4. The second-order valence-electron chi connectivity index (χ2n) is 3.09. The highest BCUT2D eigenvalue weighted by molar-refractivity contribution is 5.39. The van der Waals surface area contributed by atoms with Gasteiger partial charge in [-0.3, -0.25) is 0 Å². The summed E-state index contributed by atoms with van der Waals surface area (Å²) in [5.41, 5.74) is 0. The number of ether oxygens (including phenoxy) is 2. The average molecular weight is 198 g/mol. The molecule has 78 valence electrons. The molecule has 4 heteroatoms. The lowest BCUT2D eigenvalue weighted by molar-refractivity contribution is -0.151. The number of benzene rings is 1. The van der Waals surface area contributed by atoms with E-state index in [-0.39, 0.29) is 0 Å². The van der Waals surface area contributed by atoms with Crippen molar-refractivity contribution in [2.75, 3.05) is 13.7 Å². The van der Waals surface area contributed by atoms with Gasteiger partial charge in [0, 0.05) is 6.92 Å². The van der Waals surface area contributed by atoms with Gasteiger partial charge < -0.3 is 19.7 Å². The van der Waals surface area contributed by atoms with Crippen molar-refractivity contribution in [2.45, 2.75) is 12.7 Å². The van der Waals surface area contributed by atoms with Crippen LogP contribution in [0.1, 0.15) is 6.92 Å². The molecular weight excluding hydrogens is 184 g/mol. The van der Waals surface area contributed by atoms with Crippen molar-refractivity contribution in [3.63, 3.8) is 0 Å². The highest BCUT2D eigenvalue weighted by Crippen LogP contribution is 2.28. The highest BCUT2D eigenvalue weighted by atomic mass is 16.6. The lowest BCUT2D eigenvalue weighted by atomic mass is 10.3. The van der Waals surface area contributed by atoms with Crippen molar-refractivity contribution >= 4 is 0 Å². The van der Waals surface area contributed by atoms with Crippen LogP contribution in [0.4, 0.5) is 0 Å². The first kappa shape index (κ1) is 10.8. The molecule has 4 nitrogen and oxygen atoms in total. The first-order chi connectivity index (χ1) is 6.59. The number of hydrogen-bond donors (Lipinski definition) is 2. The van der Waals surface area contributed by atoms with Crippen LogP contribution in [-0.2, 0) is 0 Å². The first-order valence-electron chi connectivity index (χ1n) is 4.24. The van der Waals surface area contributed by atoms with Crippen LogP contribution in [0, 0.1) is 0 Å². The summed E-state index contributed by atoms with van der Waals surface area (Å²) in [6, 6.07) is 6.91. The van der Waals surface area contributed by atoms with Crippen LogP contribution in [0.5, 0.6) is 11.5 Å². The normalized spacial score (nSPS) is 14.6. The third-order valence-corrected chi connectivity index (χ3v) is 1.69. The third kappa shape index (κ3) is 2.61. The van der Waals surface area contributed by atoms with Crippen LogP contribution in [0.2, 0.25) is 0 Å². The van der Waals surface area contributed by atoms with Crippen molar-refractivity contribution < 1.29 is 19.7 Å². The Morgan fingerprint density at radius 2 is 1.86 bits per heavy atom. The molecule has 2 N–H and O–H groups in total. The summed E-state index contributed by atoms with van der Waals surface area (Å²) in [6.07, 6.45) is 0. The summed E-state index contributed by atoms with van der Waals surface area (Å²) in [6.45, 7) is 0.893. The second-order valence-corrected chi connectivity index (χ2v) is 3.09. The number of aliphatic hydroxyl groups is 2. The van der Waals surface area contributed by atoms with Gasteiger partial charge in [0.2, 0.25) is 5.79 Å². The Labute approximate surface area is 82.7 Å². The molecule has 0 amide bonds. The van der Waals surface area contributed by atoms with Crippen LogP contribution in [-0.4, -0.2) is 29.7 Å². The molecule has 0 heterocycles. The zero-order valence-corrected chi connectivity index (χ0v) is 8.23. The lowest BCUT2D eigenvalue weighted by Gasteiger charge is -2.23. The van der Waals surface area contributed by atoms with E-state index < -0.39 is 12.4 Å². The summed E-state index contributed by atoms with van der Waals surface area (Å²) >= 11 is 0. The topological polar surface area (TPSA) is 58.9 Å². The maximum Gasteiger partial charge on any atom is 0.228 e. The molecule has 1 rings (SSSR count). The first-order valence-corrected chi connectivity index (χ1v) is 4.24. The number of methoxy groups -OCH3 is 1. The monoisotopic (exact) mass is 198 g/mol. The summed E-state index contributed by atoms with van der Waals surface area (Å²) in [7, 11) is 1.51. The second kappa shape index (κ2) is 4.30. The van der Waals surface area contributed by atoms with Crippen LogP contribution in [0.25, 0.3) is 0 Å². The van der Waals surface area contributed by atoms with Crippen molar-refractivity contribution in [2.24, 2.45) is 0 Å². The predicted molar refractivity (Wildman–Crippen MR) is 51.3 cm³/mol. The highest BCUT2D eigenvalue weighted by Gasteiger charge is 2.22. The van der Waals surface area contributed by atoms with Gasteiger partial charge in [-0.05, 0) is 12.1 Å². The fourth-order valence-electron chi connectivity index (χ4n) is 0.972. The van der Waals surface area contributed by atoms with E-state index in [2.05, 4.69) is 0 Å². The van der Waals surface area contributed by atoms with E-state index in [4.69, 9.17) is 14.6 Å². The minimum atomic E-state index is -1.59. The Morgan fingerprint density at radius 1 is 1.29 bits per heavy atom. The van der Waals surface area contributed by atoms with Gasteiger partial charge in [0.05, 0.1) is 7.11 Å². The Morgan fingerprint density at radius 3 is 2.36 bits per heavy atom. The average Bonchev–Trinajstić information content (AvgIpc) is 2.18. The largest absolute Gasteiger partial charge is 0.493 e. The minimum absolute atomic E-state index is 0.397. The van der Waals surface area contributed by atoms with Crippen molar-refractivity contribution in [1.29, 1.82) is 0 Å². The Kier molecular flexibility index (Phi) is 3.33. The maximum atomic E-state index is 9.47. The molecule has 0 spiro atoms. The number of aliphatic hydroxyl groups excluding tert-OH is 1. The molecule has 0 radical (unpaired) electrons. The van der Waals surface area contributed by atoms with E-state index in [1.165, 1.54) is 14.0 Å². The van der Waals surface area contributed by atoms with Crippen LogP contribution in [0.3, 0.4) is 0 Å². The van der Waals surface area contributed by atoms with Gasteiger partial charge in [-0.25, -0.2) is 0 Å². The quantitative estimate of drug-likeness (QED) is 0.702. The molecular formula is C10H14O4. The van der Waals surface area contributed by atoms with E-state index in [0.717, 1.165) is 0 Å². The van der Waals surface area contributed by atoms with Gasteiger partial charge in [0.1, 0.15) is 6.61 Å². The molecule has 1 unspecified atom stereocenters. The lowest BCUT2D eigenvalue weighted by Crippen LogP contribution is -2.36. The summed E-state index contributed by atoms with van der Waals surface area (Å²) in [5, 5.41) is 18.3. The van der Waals surface area contributed by atoms with E-state index in [9.17, 15) is 5.11 Å². The fourth-order valence-corrected chi connectivity index (χ4v) is 0.972. The van der Waals surface area contributed by atoms with Gasteiger partial charge in [-0.2, -0.15) is 0 Å². The molecule has 0 saturated carbocycles. The summed E-state index contributed by atoms with van der Waals surface area (Å²) in [5.74, 6) is -0.676. The van der Waals surface area contributed by atoms with E-state index >= 15 is 0 Å². The molecule has 0 bridgehead atoms. The van der Waals surface area contributed by atoms with E-state index in [1.54, 1.807) is 24.3 Å². The molecule has 0 aromatic heterocycles. The van der Waals surface area contributed by atoms with Gasteiger partial charge >= 0.3 is 0 Å². The van der Waals surface area contributed by atoms with Crippen molar-refractivity contribution in [3.8, 4) is 11.5 Å². The zero-order valence-electron chi connectivity index (χ0n) is 8.23. The fraction of sp³-hybridized carbons (Fsp3) is 0.400. The Balaban J connectivity index is 2.85. The van der Waals surface area contributed by atoms with Gasteiger partial charge in [0.25, 0.3) is 0 Å². The zero-order chi connectivity index (χ0) is 10.6. The molecule has 0 aliphatic rings. The smallest absolute Gasteiger partial charge is 0.228 e. The third-order valence-electron chi connectivity index (χ3n) is 1.69. The Hall–Kier alpha value is -1.26. The van der Waals surface area contributed by atoms with Crippen LogP contribution >= 0.6 is 0 Å². The maximum absolute atomic E-state index is 9.47. The summed E-state index contributed by atoms with van der Waals surface area (Å²) < 4.78 is 10.2.